The van der Waals surface area contributed by atoms with Gasteiger partial charge < -0.3 is 5.32 Å². The lowest BCUT2D eigenvalue weighted by Gasteiger charge is -2.02. The first kappa shape index (κ1) is 10.8. The second-order valence-electron chi connectivity index (χ2n) is 3.72. The summed E-state index contributed by atoms with van der Waals surface area (Å²) in [5, 5.41) is 15.1. The lowest BCUT2D eigenvalue weighted by molar-refractivity contribution is 0.530. The van der Waals surface area contributed by atoms with Crippen molar-refractivity contribution < 1.29 is 0 Å². The Labute approximate surface area is 94.3 Å². The van der Waals surface area contributed by atoms with Crippen LogP contribution in [0.2, 0.25) is 0 Å². The lowest BCUT2D eigenvalue weighted by atomic mass is 10.3. The van der Waals surface area contributed by atoms with E-state index in [1.807, 2.05) is 35.0 Å². The summed E-state index contributed by atoms with van der Waals surface area (Å²) >= 11 is 0. The van der Waals surface area contributed by atoms with Crippen LogP contribution < -0.4 is 5.32 Å². The van der Waals surface area contributed by atoms with Crippen LogP contribution in [0.15, 0.2) is 24.8 Å². The molecule has 0 saturated heterocycles. The van der Waals surface area contributed by atoms with Crippen molar-refractivity contribution in [2.75, 3.05) is 6.54 Å². The van der Waals surface area contributed by atoms with Crippen LogP contribution in [0.1, 0.15) is 12.0 Å². The van der Waals surface area contributed by atoms with Crippen molar-refractivity contribution >= 4 is 0 Å². The van der Waals surface area contributed by atoms with Gasteiger partial charge in [0.1, 0.15) is 0 Å². The molecule has 0 saturated carbocycles. The van der Waals surface area contributed by atoms with Crippen molar-refractivity contribution in [1.82, 2.24) is 30.1 Å². The fourth-order valence-corrected chi connectivity index (χ4v) is 1.51. The smallest absolute Gasteiger partial charge is 0.0692 e. The summed E-state index contributed by atoms with van der Waals surface area (Å²) in [5.74, 6) is 0. The fourth-order valence-electron chi connectivity index (χ4n) is 1.51. The third kappa shape index (κ3) is 3.16. The molecular formula is C10H16N6. The van der Waals surface area contributed by atoms with Crippen molar-refractivity contribution in [1.29, 1.82) is 0 Å². The van der Waals surface area contributed by atoms with Crippen LogP contribution in [0.4, 0.5) is 0 Å². The van der Waals surface area contributed by atoms with Crippen LogP contribution in [0.25, 0.3) is 0 Å². The normalized spacial score (nSPS) is 10.8. The maximum Gasteiger partial charge on any atom is 0.0692 e. The first-order chi connectivity index (χ1) is 7.84. The van der Waals surface area contributed by atoms with E-state index in [0.29, 0.717) is 0 Å². The highest BCUT2D eigenvalue weighted by Crippen LogP contribution is 1.95. The Hall–Kier alpha value is -1.69. The molecule has 1 N–H and O–H groups in total. The molecule has 2 rings (SSSR count). The lowest BCUT2D eigenvalue weighted by Crippen LogP contribution is -2.16. The van der Waals surface area contributed by atoms with Crippen molar-refractivity contribution in [2.45, 2.75) is 19.5 Å². The van der Waals surface area contributed by atoms with Crippen LogP contribution in [0.3, 0.4) is 0 Å². The van der Waals surface area contributed by atoms with E-state index in [1.54, 1.807) is 6.20 Å². The fraction of sp³-hybridized carbons (Fsp3) is 0.500. The van der Waals surface area contributed by atoms with Gasteiger partial charge in [0, 0.05) is 38.1 Å². The monoisotopic (exact) mass is 220 g/mol. The number of aromatic nitrogens is 5. The molecule has 0 aliphatic heterocycles. The minimum Gasteiger partial charge on any atom is -0.312 e. The van der Waals surface area contributed by atoms with Crippen LogP contribution in [-0.4, -0.2) is 31.3 Å². The molecule has 0 spiro atoms. The van der Waals surface area contributed by atoms with E-state index in [1.165, 1.54) is 5.56 Å². The standard InChI is InChI=1S/C10H16N6/c1-15-9-10(8-13-15)7-11-3-2-5-16-6-4-12-14-16/h4,6,8-9,11H,2-3,5,7H2,1H3. The molecule has 6 nitrogen and oxygen atoms in total. The van der Waals surface area contributed by atoms with Gasteiger partial charge in [0.2, 0.25) is 0 Å². The van der Waals surface area contributed by atoms with Gasteiger partial charge in [-0.1, -0.05) is 5.21 Å². The molecule has 0 bridgehead atoms. The summed E-state index contributed by atoms with van der Waals surface area (Å²) in [6.45, 7) is 2.74. The Morgan fingerprint density at radius 2 is 2.38 bits per heavy atom. The predicted molar refractivity (Wildman–Crippen MR) is 59.6 cm³/mol. The first-order valence-electron chi connectivity index (χ1n) is 5.37. The summed E-state index contributed by atoms with van der Waals surface area (Å²) in [6.07, 6.45) is 8.52. The molecule has 6 heteroatoms. The van der Waals surface area contributed by atoms with E-state index >= 15 is 0 Å². The molecular weight excluding hydrogens is 204 g/mol. The number of nitrogens with one attached hydrogen (secondary N) is 1. The number of hydrogen-bond acceptors (Lipinski definition) is 4. The Kier molecular flexibility index (Phi) is 3.66. The van der Waals surface area contributed by atoms with Crippen molar-refractivity contribution in [3.05, 3.63) is 30.4 Å². The summed E-state index contributed by atoms with van der Waals surface area (Å²) < 4.78 is 3.65. The largest absolute Gasteiger partial charge is 0.312 e. The molecule has 86 valence electrons. The molecule has 0 fully saturated rings. The SMILES string of the molecule is Cn1cc(CNCCCn2ccnn2)cn1. The van der Waals surface area contributed by atoms with E-state index in [9.17, 15) is 0 Å². The molecule has 2 heterocycles. The van der Waals surface area contributed by atoms with Gasteiger partial charge in [0.25, 0.3) is 0 Å². The Morgan fingerprint density at radius 1 is 1.44 bits per heavy atom. The zero-order valence-corrected chi connectivity index (χ0v) is 9.37. The molecule has 0 atom stereocenters. The highest BCUT2D eigenvalue weighted by Gasteiger charge is 1.95. The molecule has 0 aliphatic rings. The van der Waals surface area contributed by atoms with Crippen LogP contribution in [0.5, 0.6) is 0 Å². The quantitative estimate of drug-likeness (QED) is 0.706. The molecule has 16 heavy (non-hydrogen) atoms. The van der Waals surface area contributed by atoms with E-state index in [0.717, 1.165) is 26.1 Å². The minimum absolute atomic E-state index is 0.866. The average molecular weight is 220 g/mol. The van der Waals surface area contributed by atoms with Gasteiger partial charge in [-0.05, 0) is 13.0 Å². The van der Waals surface area contributed by atoms with Crippen molar-refractivity contribution in [3.8, 4) is 0 Å². The number of aryl methyl sites for hydroxylation is 2. The van der Waals surface area contributed by atoms with Gasteiger partial charge in [-0.3, -0.25) is 9.36 Å². The van der Waals surface area contributed by atoms with Gasteiger partial charge >= 0.3 is 0 Å². The molecule has 0 unspecified atom stereocenters. The molecule has 0 amide bonds. The van der Waals surface area contributed by atoms with E-state index < -0.39 is 0 Å². The summed E-state index contributed by atoms with van der Waals surface area (Å²) in [7, 11) is 1.92. The van der Waals surface area contributed by atoms with E-state index in [4.69, 9.17) is 0 Å². The van der Waals surface area contributed by atoms with Gasteiger partial charge in [0.15, 0.2) is 0 Å². The van der Waals surface area contributed by atoms with Gasteiger partial charge in [-0.25, -0.2) is 0 Å². The molecule has 2 aromatic rings. The van der Waals surface area contributed by atoms with Crippen molar-refractivity contribution in [2.24, 2.45) is 7.05 Å². The number of hydrogen-bond donors (Lipinski definition) is 1. The Balaban J connectivity index is 1.59. The van der Waals surface area contributed by atoms with E-state index in [2.05, 4.69) is 20.7 Å². The maximum absolute atomic E-state index is 4.11. The van der Waals surface area contributed by atoms with Crippen LogP contribution >= 0.6 is 0 Å². The van der Waals surface area contributed by atoms with Crippen LogP contribution in [0, 0.1) is 0 Å². The average Bonchev–Trinajstić information content (AvgIpc) is 2.89. The third-order valence-electron chi connectivity index (χ3n) is 2.30. The highest BCUT2D eigenvalue weighted by atomic mass is 15.4. The van der Waals surface area contributed by atoms with Gasteiger partial charge in [-0.2, -0.15) is 5.10 Å². The molecule has 0 aromatic carbocycles. The number of nitrogens with zero attached hydrogens (tertiary/aromatic N) is 5. The van der Waals surface area contributed by atoms with Crippen molar-refractivity contribution in [3.63, 3.8) is 0 Å². The van der Waals surface area contributed by atoms with Crippen LogP contribution in [-0.2, 0) is 20.1 Å². The second kappa shape index (κ2) is 5.41. The molecule has 2 aromatic heterocycles. The third-order valence-corrected chi connectivity index (χ3v) is 2.30. The van der Waals surface area contributed by atoms with E-state index in [-0.39, 0.29) is 0 Å². The number of rotatable bonds is 6. The Morgan fingerprint density at radius 3 is 3.06 bits per heavy atom. The summed E-state index contributed by atoms with van der Waals surface area (Å²) in [4.78, 5) is 0. The second-order valence-corrected chi connectivity index (χ2v) is 3.72. The Bertz CT molecular complexity index is 405. The predicted octanol–water partition coefficient (Wildman–Crippen LogP) is 0.191. The zero-order valence-electron chi connectivity index (χ0n) is 9.37. The minimum atomic E-state index is 0.866. The molecule has 0 aliphatic carbocycles. The molecule has 0 radical (unpaired) electrons. The summed E-state index contributed by atoms with van der Waals surface area (Å²) in [6, 6.07) is 0. The first-order valence-corrected chi connectivity index (χ1v) is 5.37. The zero-order chi connectivity index (χ0) is 11.2. The maximum atomic E-state index is 4.11. The van der Waals surface area contributed by atoms with Gasteiger partial charge in [-0.15, -0.1) is 5.10 Å². The highest BCUT2D eigenvalue weighted by molar-refractivity contribution is 5.02. The topological polar surface area (TPSA) is 60.6 Å². The van der Waals surface area contributed by atoms with Gasteiger partial charge in [0.05, 0.1) is 12.4 Å². The summed E-state index contributed by atoms with van der Waals surface area (Å²) in [5.41, 5.74) is 1.21.